The SMILES string of the molecule is CCOc1ccc(Nc2ccc(C(=O)Nc3cc(C)cc(C)c3)nn2)cc1. The number of anilines is 3. The summed E-state index contributed by atoms with van der Waals surface area (Å²) in [5.74, 6) is 1.08. The first-order valence-corrected chi connectivity index (χ1v) is 8.77. The molecule has 0 saturated carbocycles. The fraction of sp³-hybridized carbons (Fsp3) is 0.190. The van der Waals surface area contributed by atoms with Gasteiger partial charge in [-0.3, -0.25) is 4.79 Å². The largest absolute Gasteiger partial charge is 0.494 e. The quantitative estimate of drug-likeness (QED) is 0.676. The van der Waals surface area contributed by atoms with Crippen LogP contribution in [0.4, 0.5) is 17.2 Å². The average molecular weight is 362 g/mol. The van der Waals surface area contributed by atoms with Gasteiger partial charge in [0.1, 0.15) is 5.75 Å². The molecule has 1 aromatic heterocycles. The molecule has 0 aliphatic heterocycles. The third-order valence-corrected chi connectivity index (χ3v) is 3.81. The van der Waals surface area contributed by atoms with E-state index >= 15 is 0 Å². The highest BCUT2D eigenvalue weighted by Crippen LogP contribution is 2.19. The molecule has 2 N–H and O–H groups in total. The Morgan fingerprint density at radius 3 is 2.22 bits per heavy atom. The second-order valence-corrected chi connectivity index (χ2v) is 6.22. The van der Waals surface area contributed by atoms with Crippen molar-refractivity contribution in [2.45, 2.75) is 20.8 Å². The van der Waals surface area contributed by atoms with Crippen LogP contribution in [0.5, 0.6) is 5.75 Å². The standard InChI is InChI=1S/C21H22N4O2/c1-4-27-18-7-5-16(6-8-18)22-20-10-9-19(24-25-20)21(26)23-17-12-14(2)11-15(3)13-17/h5-13H,4H2,1-3H3,(H,22,25)(H,23,26). The maximum absolute atomic E-state index is 12.4. The van der Waals surface area contributed by atoms with E-state index in [1.807, 2.05) is 57.2 Å². The maximum Gasteiger partial charge on any atom is 0.276 e. The van der Waals surface area contributed by atoms with E-state index in [-0.39, 0.29) is 11.6 Å². The van der Waals surface area contributed by atoms with Gasteiger partial charge in [0.25, 0.3) is 5.91 Å². The third kappa shape index (κ3) is 5.04. The van der Waals surface area contributed by atoms with Crippen molar-refractivity contribution < 1.29 is 9.53 Å². The Hall–Kier alpha value is -3.41. The molecule has 138 valence electrons. The Bertz CT molecular complexity index is 902. The van der Waals surface area contributed by atoms with Crippen LogP contribution < -0.4 is 15.4 Å². The lowest BCUT2D eigenvalue weighted by Gasteiger charge is -2.08. The van der Waals surface area contributed by atoms with Gasteiger partial charge in [-0.1, -0.05) is 6.07 Å². The fourth-order valence-corrected chi connectivity index (χ4v) is 2.71. The molecule has 2 aromatic carbocycles. The number of hydrogen-bond donors (Lipinski definition) is 2. The number of nitrogens with zero attached hydrogens (tertiary/aromatic N) is 2. The van der Waals surface area contributed by atoms with Gasteiger partial charge in [-0.05, 0) is 80.4 Å². The van der Waals surface area contributed by atoms with E-state index in [0.717, 1.165) is 28.3 Å². The molecule has 1 amide bonds. The first kappa shape index (κ1) is 18.4. The van der Waals surface area contributed by atoms with Crippen LogP contribution in [0.3, 0.4) is 0 Å². The number of carbonyl (C=O) groups excluding carboxylic acids is 1. The summed E-state index contributed by atoms with van der Waals surface area (Å²) in [6, 6.07) is 16.8. The minimum absolute atomic E-state index is 0.256. The molecule has 0 saturated heterocycles. The smallest absolute Gasteiger partial charge is 0.276 e. The van der Waals surface area contributed by atoms with Crippen molar-refractivity contribution in [3.8, 4) is 5.75 Å². The molecule has 1 heterocycles. The van der Waals surface area contributed by atoms with Gasteiger partial charge < -0.3 is 15.4 Å². The second kappa shape index (κ2) is 8.31. The predicted octanol–water partition coefficient (Wildman–Crippen LogP) is 4.49. The van der Waals surface area contributed by atoms with Crippen molar-refractivity contribution in [2.75, 3.05) is 17.2 Å². The molecule has 6 nitrogen and oxygen atoms in total. The molecule has 0 aliphatic rings. The number of amides is 1. The maximum atomic E-state index is 12.4. The molecular formula is C21H22N4O2. The van der Waals surface area contributed by atoms with Crippen LogP contribution in [0, 0.1) is 13.8 Å². The highest BCUT2D eigenvalue weighted by Gasteiger charge is 2.09. The lowest BCUT2D eigenvalue weighted by molar-refractivity contribution is 0.102. The van der Waals surface area contributed by atoms with Crippen molar-refractivity contribution in [2.24, 2.45) is 0 Å². The number of carbonyl (C=O) groups is 1. The van der Waals surface area contributed by atoms with Crippen LogP contribution in [0.25, 0.3) is 0 Å². The Morgan fingerprint density at radius 1 is 0.926 bits per heavy atom. The number of aryl methyl sites for hydroxylation is 2. The number of hydrogen-bond acceptors (Lipinski definition) is 5. The minimum atomic E-state index is -0.292. The Kier molecular flexibility index (Phi) is 5.66. The topological polar surface area (TPSA) is 76.1 Å². The molecule has 0 spiro atoms. The van der Waals surface area contributed by atoms with Crippen molar-refractivity contribution in [1.29, 1.82) is 0 Å². The predicted molar refractivity (Wildman–Crippen MR) is 107 cm³/mol. The van der Waals surface area contributed by atoms with Gasteiger partial charge >= 0.3 is 0 Å². The van der Waals surface area contributed by atoms with E-state index < -0.39 is 0 Å². The van der Waals surface area contributed by atoms with E-state index in [1.54, 1.807) is 12.1 Å². The van der Waals surface area contributed by atoms with Gasteiger partial charge in [-0.15, -0.1) is 10.2 Å². The second-order valence-electron chi connectivity index (χ2n) is 6.22. The van der Waals surface area contributed by atoms with E-state index in [1.165, 1.54) is 0 Å². The summed E-state index contributed by atoms with van der Waals surface area (Å²) in [6.07, 6.45) is 0. The summed E-state index contributed by atoms with van der Waals surface area (Å²) >= 11 is 0. The summed E-state index contributed by atoms with van der Waals surface area (Å²) in [4.78, 5) is 12.4. The highest BCUT2D eigenvalue weighted by molar-refractivity contribution is 6.02. The van der Waals surface area contributed by atoms with E-state index in [9.17, 15) is 4.79 Å². The van der Waals surface area contributed by atoms with E-state index in [0.29, 0.717) is 12.4 Å². The number of rotatable bonds is 6. The fourth-order valence-electron chi connectivity index (χ4n) is 2.71. The van der Waals surface area contributed by atoms with Crippen LogP contribution in [0.15, 0.2) is 54.6 Å². The zero-order valence-electron chi connectivity index (χ0n) is 15.6. The number of benzene rings is 2. The molecule has 0 bridgehead atoms. The summed E-state index contributed by atoms with van der Waals surface area (Å²) in [6.45, 7) is 6.55. The van der Waals surface area contributed by atoms with Crippen LogP contribution in [-0.2, 0) is 0 Å². The lowest BCUT2D eigenvalue weighted by atomic mass is 10.1. The summed E-state index contributed by atoms with van der Waals surface area (Å²) in [5, 5.41) is 14.1. The Morgan fingerprint density at radius 2 is 1.63 bits per heavy atom. The third-order valence-electron chi connectivity index (χ3n) is 3.81. The molecule has 6 heteroatoms. The molecule has 0 radical (unpaired) electrons. The van der Waals surface area contributed by atoms with Gasteiger partial charge in [0.05, 0.1) is 6.61 Å². The average Bonchev–Trinajstić information content (AvgIpc) is 2.63. The van der Waals surface area contributed by atoms with E-state index in [4.69, 9.17) is 4.74 Å². The number of aromatic nitrogens is 2. The first-order valence-electron chi connectivity index (χ1n) is 8.77. The van der Waals surface area contributed by atoms with Gasteiger partial charge in [-0.25, -0.2) is 0 Å². The van der Waals surface area contributed by atoms with Crippen molar-refractivity contribution in [1.82, 2.24) is 10.2 Å². The molecular weight excluding hydrogens is 340 g/mol. The summed E-state index contributed by atoms with van der Waals surface area (Å²) in [5.41, 5.74) is 4.04. The van der Waals surface area contributed by atoms with E-state index in [2.05, 4.69) is 26.9 Å². The van der Waals surface area contributed by atoms with Gasteiger partial charge in [0.15, 0.2) is 11.5 Å². The molecule has 0 atom stereocenters. The van der Waals surface area contributed by atoms with Gasteiger partial charge in [0, 0.05) is 11.4 Å². The van der Waals surface area contributed by atoms with Crippen molar-refractivity contribution in [3.63, 3.8) is 0 Å². The first-order chi connectivity index (χ1) is 13.0. The molecule has 0 aliphatic carbocycles. The Balaban J connectivity index is 1.64. The Labute approximate surface area is 158 Å². The van der Waals surface area contributed by atoms with Crippen LogP contribution in [0.1, 0.15) is 28.5 Å². The number of nitrogens with one attached hydrogen (secondary N) is 2. The van der Waals surface area contributed by atoms with Crippen LogP contribution in [-0.4, -0.2) is 22.7 Å². The molecule has 3 aromatic rings. The zero-order chi connectivity index (χ0) is 19.2. The monoisotopic (exact) mass is 362 g/mol. The normalized spacial score (nSPS) is 10.3. The van der Waals surface area contributed by atoms with Crippen molar-refractivity contribution >= 4 is 23.1 Å². The zero-order valence-corrected chi connectivity index (χ0v) is 15.6. The minimum Gasteiger partial charge on any atom is -0.494 e. The highest BCUT2D eigenvalue weighted by atomic mass is 16.5. The molecule has 27 heavy (non-hydrogen) atoms. The molecule has 0 unspecified atom stereocenters. The van der Waals surface area contributed by atoms with Crippen LogP contribution >= 0.6 is 0 Å². The van der Waals surface area contributed by atoms with Crippen LogP contribution in [0.2, 0.25) is 0 Å². The molecule has 0 fully saturated rings. The summed E-state index contributed by atoms with van der Waals surface area (Å²) in [7, 11) is 0. The number of ether oxygens (including phenoxy) is 1. The van der Waals surface area contributed by atoms with Gasteiger partial charge in [0.2, 0.25) is 0 Å². The van der Waals surface area contributed by atoms with Crippen molar-refractivity contribution in [3.05, 3.63) is 71.4 Å². The molecule has 3 rings (SSSR count). The van der Waals surface area contributed by atoms with Gasteiger partial charge in [-0.2, -0.15) is 0 Å². The summed E-state index contributed by atoms with van der Waals surface area (Å²) < 4.78 is 5.42. The lowest BCUT2D eigenvalue weighted by Crippen LogP contribution is -2.14.